The van der Waals surface area contributed by atoms with Crippen molar-refractivity contribution in [3.8, 4) is 11.5 Å². The predicted molar refractivity (Wildman–Crippen MR) is 152 cm³/mol. The molecule has 0 N–H and O–H groups in total. The van der Waals surface area contributed by atoms with Crippen LogP contribution in [-0.2, 0) is 22.5 Å². The highest BCUT2D eigenvalue weighted by Crippen LogP contribution is 2.28. The fourth-order valence-corrected chi connectivity index (χ4v) is 5.20. The van der Waals surface area contributed by atoms with Crippen LogP contribution in [0.3, 0.4) is 0 Å². The fourth-order valence-electron chi connectivity index (χ4n) is 3.96. The minimum absolute atomic E-state index is 0.0794. The number of nitrogens with zero attached hydrogens (tertiary/aromatic N) is 2. The molecule has 0 saturated heterocycles. The number of hydrogen-bond donors (Lipinski definition) is 0. The van der Waals surface area contributed by atoms with Crippen molar-refractivity contribution in [1.82, 2.24) is 9.80 Å². The van der Waals surface area contributed by atoms with Gasteiger partial charge >= 0.3 is 0 Å². The molecular formula is C28H32Cl2N2O5S. The Hall–Kier alpha value is -2.78. The first kappa shape index (κ1) is 29.8. The minimum Gasteiger partial charge on any atom is -0.493 e. The van der Waals surface area contributed by atoms with E-state index >= 15 is 0 Å². The molecule has 0 aliphatic carbocycles. The van der Waals surface area contributed by atoms with Gasteiger partial charge in [-0.05, 0) is 60.2 Å². The van der Waals surface area contributed by atoms with E-state index in [9.17, 15) is 9.59 Å². The molecule has 38 heavy (non-hydrogen) atoms. The lowest BCUT2D eigenvalue weighted by molar-refractivity contribution is -0.132. The number of ether oxygens (including phenoxy) is 3. The van der Waals surface area contributed by atoms with E-state index in [0.717, 1.165) is 10.4 Å². The highest BCUT2D eigenvalue weighted by molar-refractivity contribution is 7.09. The molecule has 0 aliphatic heterocycles. The highest BCUT2D eigenvalue weighted by atomic mass is 35.5. The van der Waals surface area contributed by atoms with Gasteiger partial charge in [-0.2, -0.15) is 0 Å². The van der Waals surface area contributed by atoms with Crippen LogP contribution in [-0.4, -0.2) is 69.2 Å². The van der Waals surface area contributed by atoms with Gasteiger partial charge in [-0.1, -0.05) is 35.3 Å². The first-order valence-corrected chi connectivity index (χ1v) is 13.7. The van der Waals surface area contributed by atoms with E-state index in [1.807, 2.05) is 35.7 Å². The molecule has 2 amide bonds. The van der Waals surface area contributed by atoms with Gasteiger partial charge in [0, 0.05) is 47.3 Å². The van der Waals surface area contributed by atoms with Crippen molar-refractivity contribution in [1.29, 1.82) is 0 Å². The summed E-state index contributed by atoms with van der Waals surface area (Å²) in [6.45, 7) is 1.66. The zero-order valence-corrected chi connectivity index (χ0v) is 24.1. The van der Waals surface area contributed by atoms with Crippen LogP contribution >= 0.6 is 34.5 Å². The quantitative estimate of drug-likeness (QED) is 0.225. The van der Waals surface area contributed by atoms with Gasteiger partial charge in [0.2, 0.25) is 5.91 Å². The van der Waals surface area contributed by atoms with E-state index in [1.165, 1.54) is 4.90 Å². The van der Waals surface area contributed by atoms with Crippen LogP contribution in [0.15, 0.2) is 53.9 Å². The normalized spacial score (nSPS) is 10.8. The van der Waals surface area contributed by atoms with Crippen LogP contribution < -0.4 is 9.47 Å². The van der Waals surface area contributed by atoms with Crippen LogP contribution in [0.1, 0.15) is 27.2 Å². The van der Waals surface area contributed by atoms with Gasteiger partial charge in [0.25, 0.3) is 5.91 Å². The second kappa shape index (κ2) is 15.0. The Morgan fingerprint density at radius 2 is 1.63 bits per heavy atom. The Kier molecular flexibility index (Phi) is 11.7. The number of halogens is 2. The number of carbonyl (C=O) groups is 2. The SMILES string of the molecule is COCCCN(CC(=O)N(CCc1ccc(OC)c(OC)c1)Cc1cccs1)C(=O)c1cc(Cl)cc(Cl)c1. The van der Waals surface area contributed by atoms with Crippen LogP contribution in [0.25, 0.3) is 0 Å². The molecule has 0 fully saturated rings. The summed E-state index contributed by atoms with van der Waals surface area (Å²) in [5, 5.41) is 2.70. The molecule has 1 aromatic heterocycles. The fraction of sp³-hybridized carbons (Fsp3) is 0.357. The molecule has 0 aliphatic rings. The maximum Gasteiger partial charge on any atom is 0.254 e. The van der Waals surface area contributed by atoms with Crippen molar-refractivity contribution in [3.63, 3.8) is 0 Å². The van der Waals surface area contributed by atoms with Crippen molar-refractivity contribution in [2.45, 2.75) is 19.4 Å². The molecule has 3 aromatic rings. The van der Waals surface area contributed by atoms with Gasteiger partial charge in [0.05, 0.1) is 20.8 Å². The maximum absolute atomic E-state index is 13.6. The number of carbonyl (C=O) groups excluding carboxylic acids is 2. The molecule has 1 heterocycles. The molecule has 0 radical (unpaired) electrons. The van der Waals surface area contributed by atoms with E-state index in [2.05, 4.69) is 0 Å². The molecule has 0 spiro atoms. The summed E-state index contributed by atoms with van der Waals surface area (Å²) < 4.78 is 15.9. The second-order valence-electron chi connectivity index (χ2n) is 8.57. The lowest BCUT2D eigenvalue weighted by Gasteiger charge is -2.28. The van der Waals surface area contributed by atoms with Crippen molar-refractivity contribution in [2.24, 2.45) is 0 Å². The van der Waals surface area contributed by atoms with E-state index in [1.54, 1.807) is 55.8 Å². The Balaban J connectivity index is 1.79. The van der Waals surface area contributed by atoms with E-state index < -0.39 is 0 Å². The summed E-state index contributed by atoms with van der Waals surface area (Å²) in [6.07, 6.45) is 1.19. The molecule has 3 rings (SSSR count). The Bertz CT molecular complexity index is 1190. The Morgan fingerprint density at radius 3 is 2.26 bits per heavy atom. The minimum atomic E-state index is -0.310. The molecule has 204 valence electrons. The van der Waals surface area contributed by atoms with Crippen molar-refractivity contribution in [2.75, 3.05) is 47.6 Å². The lowest BCUT2D eigenvalue weighted by atomic mass is 10.1. The van der Waals surface area contributed by atoms with Crippen LogP contribution in [0.2, 0.25) is 10.0 Å². The Morgan fingerprint density at radius 1 is 0.895 bits per heavy atom. The van der Waals surface area contributed by atoms with Crippen LogP contribution in [0.4, 0.5) is 0 Å². The van der Waals surface area contributed by atoms with Crippen LogP contribution in [0, 0.1) is 0 Å². The first-order valence-electron chi connectivity index (χ1n) is 12.1. The van der Waals surface area contributed by atoms with E-state index in [-0.39, 0.29) is 18.4 Å². The van der Waals surface area contributed by atoms with Gasteiger partial charge in [0.1, 0.15) is 6.54 Å². The molecule has 0 saturated carbocycles. The summed E-state index contributed by atoms with van der Waals surface area (Å²) in [5.74, 6) is 0.818. The zero-order valence-electron chi connectivity index (χ0n) is 21.7. The second-order valence-corrected chi connectivity index (χ2v) is 10.5. The molecule has 7 nitrogen and oxygen atoms in total. The third-order valence-corrected chi connectivity index (χ3v) is 7.19. The average Bonchev–Trinajstić information content (AvgIpc) is 3.42. The summed E-state index contributed by atoms with van der Waals surface area (Å²) in [5.41, 5.74) is 1.34. The summed E-state index contributed by atoms with van der Waals surface area (Å²) in [7, 11) is 4.79. The first-order chi connectivity index (χ1) is 18.3. The number of rotatable bonds is 14. The number of amides is 2. The maximum atomic E-state index is 13.6. The molecule has 0 unspecified atom stereocenters. The molecule has 2 aromatic carbocycles. The smallest absolute Gasteiger partial charge is 0.254 e. The largest absolute Gasteiger partial charge is 0.493 e. The molecule has 0 atom stereocenters. The summed E-state index contributed by atoms with van der Waals surface area (Å²) >= 11 is 13.9. The average molecular weight is 580 g/mol. The number of hydrogen-bond acceptors (Lipinski definition) is 6. The predicted octanol–water partition coefficient (Wildman–Crippen LogP) is 5.82. The van der Waals surface area contributed by atoms with Gasteiger partial charge < -0.3 is 24.0 Å². The van der Waals surface area contributed by atoms with Crippen LogP contribution in [0.5, 0.6) is 11.5 Å². The molecular weight excluding hydrogens is 547 g/mol. The van der Waals surface area contributed by atoms with E-state index in [0.29, 0.717) is 66.2 Å². The monoisotopic (exact) mass is 578 g/mol. The summed E-state index contributed by atoms with van der Waals surface area (Å²) in [6, 6.07) is 14.4. The number of methoxy groups -OCH3 is 3. The van der Waals surface area contributed by atoms with Gasteiger partial charge in [-0.3, -0.25) is 9.59 Å². The zero-order chi connectivity index (χ0) is 27.5. The standard InChI is InChI=1S/C28H32Cl2N2O5S/c1-35-12-5-10-32(28(34)21-15-22(29)17-23(30)16-21)19-27(33)31(18-24-6-4-13-38-24)11-9-20-7-8-25(36-2)26(14-20)37-3/h4,6-8,13-17H,5,9-12,18-19H2,1-3H3. The van der Waals surface area contributed by atoms with Crippen molar-refractivity contribution < 1.29 is 23.8 Å². The number of thiophene rings is 1. The topological polar surface area (TPSA) is 68.3 Å². The summed E-state index contributed by atoms with van der Waals surface area (Å²) in [4.78, 5) is 31.4. The highest BCUT2D eigenvalue weighted by Gasteiger charge is 2.23. The van der Waals surface area contributed by atoms with Gasteiger partial charge in [-0.25, -0.2) is 0 Å². The van der Waals surface area contributed by atoms with E-state index in [4.69, 9.17) is 37.4 Å². The number of benzene rings is 2. The third kappa shape index (κ3) is 8.63. The van der Waals surface area contributed by atoms with Crippen molar-refractivity contribution >= 4 is 46.4 Å². The van der Waals surface area contributed by atoms with Gasteiger partial charge in [0.15, 0.2) is 11.5 Å². The lowest BCUT2D eigenvalue weighted by Crippen LogP contribution is -2.44. The Labute approximate surface area is 237 Å². The molecule has 10 heteroatoms. The van der Waals surface area contributed by atoms with Crippen molar-refractivity contribution in [3.05, 3.63) is 80.0 Å². The molecule has 0 bridgehead atoms. The third-order valence-electron chi connectivity index (χ3n) is 5.90. The van der Waals surface area contributed by atoms with Gasteiger partial charge in [-0.15, -0.1) is 11.3 Å².